The molecule has 0 spiro atoms. The molecule has 0 aliphatic carbocycles. The van der Waals surface area contributed by atoms with Gasteiger partial charge in [-0.25, -0.2) is 4.98 Å². The summed E-state index contributed by atoms with van der Waals surface area (Å²) in [6.07, 6.45) is 2.41. The van der Waals surface area contributed by atoms with Crippen LogP contribution in [0.4, 0.5) is 0 Å². The van der Waals surface area contributed by atoms with Crippen molar-refractivity contribution < 1.29 is 9.53 Å². The Balaban J connectivity index is 2.08. The summed E-state index contributed by atoms with van der Waals surface area (Å²) >= 11 is 0. The first-order valence-corrected chi connectivity index (χ1v) is 7.22. The van der Waals surface area contributed by atoms with E-state index in [1.54, 1.807) is 11.0 Å². The summed E-state index contributed by atoms with van der Waals surface area (Å²) in [5.74, 6) is 1.13. The maximum Gasteiger partial charge on any atom is 0.313 e. The van der Waals surface area contributed by atoms with E-state index in [2.05, 4.69) is 28.8 Å². The van der Waals surface area contributed by atoms with Gasteiger partial charge in [-0.2, -0.15) is 5.10 Å². The van der Waals surface area contributed by atoms with Gasteiger partial charge in [0.1, 0.15) is 12.2 Å². The zero-order chi connectivity index (χ0) is 14.8. The highest BCUT2D eigenvalue weighted by molar-refractivity contribution is 5.78. The number of hydrogen-bond acceptors (Lipinski definition) is 5. The normalized spacial score (nSPS) is 23.4. The van der Waals surface area contributed by atoms with Crippen LogP contribution in [0.5, 0.6) is 0 Å². The van der Waals surface area contributed by atoms with E-state index in [4.69, 9.17) is 4.74 Å². The number of ether oxygens (including phenoxy) is 1. The lowest BCUT2D eigenvalue weighted by Gasteiger charge is -2.30. The van der Waals surface area contributed by atoms with Gasteiger partial charge in [0.05, 0.1) is 18.6 Å². The molecule has 0 aromatic carbocycles. The molecule has 0 N–H and O–H groups in total. The molecule has 0 unspecified atom stereocenters. The molecule has 6 heteroatoms. The zero-order valence-electron chi connectivity index (χ0n) is 12.8. The summed E-state index contributed by atoms with van der Waals surface area (Å²) in [6.45, 7) is 8.85. The van der Waals surface area contributed by atoms with Crippen molar-refractivity contribution in [2.24, 2.45) is 18.4 Å². The van der Waals surface area contributed by atoms with E-state index in [-0.39, 0.29) is 17.3 Å². The number of hydrogen-bond donors (Lipinski definition) is 0. The molecule has 20 heavy (non-hydrogen) atoms. The zero-order valence-corrected chi connectivity index (χ0v) is 12.8. The van der Waals surface area contributed by atoms with Crippen molar-refractivity contribution >= 4 is 5.97 Å². The van der Waals surface area contributed by atoms with E-state index in [1.165, 1.54) is 0 Å². The molecule has 0 radical (unpaired) electrons. The molecule has 1 saturated heterocycles. The number of aryl methyl sites for hydroxylation is 1. The van der Waals surface area contributed by atoms with Crippen LogP contribution in [0.2, 0.25) is 0 Å². The lowest BCUT2D eigenvalue weighted by Crippen LogP contribution is -2.40. The van der Waals surface area contributed by atoms with Crippen LogP contribution in [0.1, 0.15) is 33.0 Å². The van der Waals surface area contributed by atoms with Gasteiger partial charge in [0, 0.05) is 13.6 Å². The largest absolute Gasteiger partial charge is 0.466 e. The van der Waals surface area contributed by atoms with Crippen molar-refractivity contribution in [1.29, 1.82) is 0 Å². The third-order valence-electron chi connectivity index (χ3n) is 4.34. The maximum absolute atomic E-state index is 12.3. The van der Waals surface area contributed by atoms with Gasteiger partial charge >= 0.3 is 5.97 Å². The van der Waals surface area contributed by atoms with Crippen molar-refractivity contribution in [1.82, 2.24) is 19.7 Å². The van der Waals surface area contributed by atoms with Crippen LogP contribution in [-0.2, 0) is 23.1 Å². The molecule has 1 aromatic rings. The van der Waals surface area contributed by atoms with Gasteiger partial charge in [0.25, 0.3) is 0 Å². The Hall–Kier alpha value is -1.43. The van der Waals surface area contributed by atoms with E-state index in [9.17, 15) is 4.79 Å². The summed E-state index contributed by atoms with van der Waals surface area (Å²) in [7, 11) is 1.89. The van der Waals surface area contributed by atoms with Crippen molar-refractivity contribution in [3.63, 3.8) is 0 Å². The lowest BCUT2D eigenvalue weighted by molar-refractivity contribution is -0.157. The van der Waals surface area contributed by atoms with Gasteiger partial charge < -0.3 is 4.74 Å². The summed E-state index contributed by atoms with van der Waals surface area (Å²) in [4.78, 5) is 18.9. The van der Waals surface area contributed by atoms with Crippen LogP contribution in [0.25, 0.3) is 0 Å². The van der Waals surface area contributed by atoms with Crippen molar-refractivity contribution in [2.75, 3.05) is 19.7 Å². The summed E-state index contributed by atoms with van der Waals surface area (Å²) in [5.41, 5.74) is -0.380. The monoisotopic (exact) mass is 280 g/mol. The van der Waals surface area contributed by atoms with E-state index in [0.29, 0.717) is 6.61 Å². The van der Waals surface area contributed by atoms with E-state index >= 15 is 0 Å². The van der Waals surface area contributed by atoms with Gasteiger partial charge in [0.15, 0.2) is 0 Å². The number of rotatable bonds is 5. The number of likely N-dealkylation sites (tertiary alicyclic amines) is 1. The first kappa shape index (κ1) is 15.0. The predicted molar refractivity (Wildman–Crippen MR) is 74.8 cm³/mol. The fraction of sp³-hybridized carbons (Fsp3) is 0.786. The Kier molecular flexibility index (Phi) is 4.42. The molecule has 0 amide bonds. The molecule has 112 valence electrons. The summed E-state index contributed by atoms with van der Waals surface area (Å²) in [5, 5.41) is 4.08. The second-order valence-electron chi connectivity index (χ2n) is 5.79. The van der Waals surface area contributed by atoms with E-state index < -0.39 is 0 Å². The van der Waals surface area contributed by atoms with Crippen LogP contribution in [0.15, 0.2) is 6.33 Å². The number of carbonyl (C=O) groups excluding carboxylic acids is 1. The molecule has 1 fully saturated rings. The van der Waals surface area contributed by atoms with Crippen molar-refractivity contribution in [2.45, 2.75) is 33.7 Å². The van der Waals surface area contributed by atoms with Crippen molar-refractivity contribution in [3.05, 3.63) is 12.2 Å². The fourth-order valence-corrected chi connectivity index (χ4v) is 2.86. The second kappa shape index (κ2) is 5.91. The van der Waals surface area contributed by atoms with E-state index in [1.807, 2.05) is 14.0 Å². The van der Waals surface area contributed by atoms with Gasteiger partial charge in [-0.3, -0.25) is 14.4 Å². The number of esters is 1. The molecule has 1 atom stereocenters. The molecular weight excluding hydrogens is 256 g/mol. The minimum atomic E-state index is -0.380. The molecule has 2 rings (SSSR count). The summed E-state index contributed by atoms with van der Waals surface area (Å²) in [6, 6.07) is 0. The van der Waals surface area contributed by atoms with Crippen molar-refractivity contribution in [3.8, 4) is 0 Å². The molecule has 2 heterocycles. The maximum atomic E-state index is 12.3. The quantitative estimate of drug-likeness (QED) is 0.759. The van der Waals surface area contributed by atoms with Gasteiger partial charge in [0.2, 0.25) is 0 Å². The van der Waals surface area contributed by atoms with Crippen LogP contribution >= 0.6 is 0 Å². The number of nitrogens with zero attached hydrogens (tertiary/aromatic N) is 4. The standard InChI is InChI=1S/C14H24N4O2/c1-5-20-13(19)14(11(2)3)6-7-18(9-14)8-12-15-10-16-17(12)4/h10-11H,5-9H2,1-4H3/t14-/m1/s1. The topological polar surface area (TPSA) is 60.2 Å². The Bertz CT molecular complexity index is 471. The predicted octanol–water partition coefficient (Wildman–Crippen LogP) is 1.23. The van der Waals surface area contributed by atoms with Gasteiger partial charge in [-0.15, -0.1) is 0 Å². The van der Waals surface area contributed by atoms with Crippen LogP contribution < -0.4 is 0 Å². The Morgan fingerprint density at radius 1 is 1.55 bits per heavy atom. The molecule has 1 aromatic heterocycles. The second-order valence-corrected chi connectivity index (χ2v) is 5.79. The summed E-state index contributed by atoms with van der Waals surface area (Å²) < 4.78 is 7.08. The highest BCUT2D eigenvalue weighted by Crippen LogP contribution is 2.39. The van der Waals surface area contributed by atoms with Gasteiger partial charge in [-0.05, 0) is 25.8 Å². The molecule has 0 saturated carbocycles. The van der Waals surface area contributed by atoms with Crippen LogP contribution in [0.3, 0.4) is 0 Å². The SMILES string of the molecule is CCOC(=O)[C@]1(C(C)C)CCN(Cc2ncnn2C)C1. The molecule has 1 aliphatic heterocycles. The third kappa shape index (κ3) is 2.70. The first-order chi connectivity index (χ1) is 9.49. The smallest absolute Gasteiger partial charge is 0.313 e. The third-order valence-corrected chi connectivity index (χ3v) is 4.34. The van der Waals surface area contributed by atoms with Crippen LogP contribution in [-0.4, -0.2) is 45.3 Å². The fourth-order valence-electron chi connectivity index (χ4n) is 2.86. The minimum absolute atomic E-state index is 0.0598. The first-order valence-electron chi connectivity index (χ1n) is 7.22. The Morgan fingerprint density at radius 2 is 2.30 bits per heavy atom. The van der Waals surface area contributed by atoms with Gasteiger partial charge in [-0.1, -0.05) is 13.8 Å². The Labute approximate surface area is 120 Å². The average molecular weight is 280 g/mol. The number of carbonyl (C=O) groups is 1. The van der Waals surface area contributed by atoms with E-state index in [0.717, 1.165) is 31.9 Å². The molecule has 0 bridgehead atoms. The molecule has 6 nitrogen and oxygen atoms in total. The highest BCUT2D eigenvalue weighted by atomic mass is 16.5. The Morgan fingerprint density at radius 3 is 2.85 bits per heavy atom. The molecule has 1 aliphatic rings. The number of aromatic nitrogens is 3. The minimum Gasteiger partial charge on any atom is -0.466 e. The highest BCUT2D eigenvalue weighted by Gasteiger charge is 2.48. The van der Waals surface area contributed by atoms with Crippen LogP contribution in [0, 0.1) is 11.3 Å². The average Bonchev–Trinajstić information content (AvgIpc) is 2.99. The molecular formula is C14H24N4O2. The lowest BCUT2D eigenvalue weighted by atomic mass is 9.76.